The number of hydrogen-bond acceptors (Lipinski definition) is 2. The number of rotatable bonds is 4. The van der Waals surface area contributed by atoms with Gasteiger partial charge in [0.25, 0.3) is 5.91 Å². The lowest BCUT2D eigenvalue weighted by molar-refractivity contribution is 0.0911. The Balaban J connectivity index is 2.06. The molecule has 1 unspecified atom stereocenters. The molecule has 0 heterocycles. The van der Waals surface area contributed by atoms with Crippen molar-refractivity contribution in [1.82, 2.24) is 5.32 Å². The molecule has 3 nitrogen and oxygen atoms in total. The highest BCUT2D eigenvalue weighted by Gasteiger charge is 2.19. The number of aliphatic hydroxyl groups excluding tert-OH is 1. The third-order valence-electron chi connectivity index (χ3n) is 2.97. The molecule has 0 aromatic heterocycles. The van der Waals surface area contributed by atoms with Gasteiger partial charge in [0.15, 0.2) is 11.6 Å². The Morgan fingerprint density at radius 3 is 2.23 bits per heavy atom. The summed E-state index contributed by atoms with van der Waals surface area (Å²) in [6.45, 7) is -0.490. The van der Waals surface area contributed by atoms with E-state index in [0.717, 1.165) is 30.3 Å². The van der Waals surface area contributed by atoms with Crippen molar-refractivity contribution in [1.29, 1.82) is 0 Å². The molecule has 0 spiro atoms. The number of aliphatic hydroxyl groups is 1. The summed E-state index contributed by atoms with van der Waals surface area (Å²) in [4.78, 5) is 11.7. The molecule has 0 bridgehead atoms. The molecule has 0 saturated carbocycles. The van der Waals surface area contributed by atoms with Gasteiger partial charge < -0.3 is 10.4 Å². The minimum atomic E-state index is -1.62. The molecule has 0 aliphatic rings. The molecule has 2 aromatic rings. The van der Waals surface area contributed by atoms with Gasteiger partial charge in [0.1, 0.15) is 17.7 Å². The fourth-order valence-corrected chi connectivity index (χ4v) is 1.86. The van der Waals surface area contributed by atoms with Gasteiger partial charge in [-0.2, -0.15) is 0 Å². The summed E-state index contributed by atoms with van der Waals surface area (Å²) >= 11 is 0. The van der Waals surface area contributed by atoms with Crippen LogP contribution in [0.1, 0.15) is 22.0 Å². The van der Waals surface area contributed by atoms with Crippen LogP contribution >= 0.6 is 0 Å². The molecule has 0 aliphatic carbocycles. The first-order valence-electron chi connectivity index (χ1n) is 6.25. The highest BCUT2D eigenvalue weighted by Crippen LogP contribution is 2.20. The number of benzene rings is 2. The van der Waals surface area contributed by atoms with Gasteiger partial charge in [-0.1, -0.05) is 6.07 Å². The first-order chi connectivity index (χ1) is 10.4. The van der Waals surface area contributed by atoms with Crippen LogP contribution in [0, 0.1) is 23.3 Å². The van der Waals surface area contributed by atoms with Crippen molar-refractivity contribution in [2.24, 2.45) is 0 Å². The lowest BCUT2D eigenvalue weighted by Crippen LogP contribution is -2.29. The fourth-order valence-electron chi connectivity index (χ4n) is 1.86. The second-order valence-corrected chi connectivity index (χ2v) is 4.49. The van der Waals surface area contributed by atoms with E-state index in [1.54, 1.807) is 0 Å². The maximum absolute atomic E-state index is 13.4. The van der Waals surface area contributed by atoms with Crippen LogP contribution in [0.2, 0.25) is 0 Å². The summed E-state index contributed by atoms with van der Waals surface area (Å²) < 4.78 is 52.6. The highest BCUT2D eigenvalue weighted by molar-refractivity contribution is 5.94. The predicted molar refractivity (Wildman–Crippen MR) is 70.0 cm³/mol. The second kappa shape index (κ2) is 6.57. The Morgan fingerprint density at radius 1 is 1.00 bits per heavy atom. The van der Waals surface area contributed by atoms with Crippen molar-refractivity contribution in [2.75, 3.05) is 6.54 Å². The predicted octanol–water partition coefficient (Wildman–Crippen LogP) is 2.71. The van der Waals surface area contributed by atoms with Gasteiger partial charge in [0.05, 0.1) is 5.56 Å². The van der Waals surface area contributed by atoms with E-state index in [2.05, 4.69) is 5.32 Å². The van der Waals surface area contributed by atoms with Crippen molar-refractivity contribution in [2.45, 2.75) is 6.10 Å². The van der Waals surface area contributed by atoms with Gasteiger partial charge in [0.2, 0.25) is 0 Å². The van der Waals surface area contributed by atoms with Crippen LogP contribution in [0.25, 0.3) is 0 Å². The Morgan fingerprint density at radius 2 is 1.64 bits per heavy atom. The average molecular weight is 313 g/mol. The first kappa shape index (κ1) is 16.0. The monoisotopic (exact) mass is 313 g/mol. The number of carbonyl (C=O) groups is 1. The zero-order valence-electron chi connectivity index (χ0n) is 11.1. The quantitative estimate of drug-likeness (QED) is 0.853. The Hall–Kier alpha value is -2.41. The van der Waals surface area contributed by atoms with Crippen LogP contribution in [0.4, 0.5) is 17.6 Å². The lowest BCUT2D eigenvalue weighted by Gasteiger charge is -2.14. The minimum Gasteiger partial charge on any atom is -0.386 e. The third-order valence-corrected chi connectivity index (χ3v) is 2.97. The Labute approximate surface area is 123 Å². The molecule has 0 radical (unpaired) electrons. The van der Waals surface area contributed by atoms with Crippen molar-refractivity contribution in [3.63, 3.8) is 0 Å². The highest BCUT2D eigenvalue weighted by atomic mass is 19.2. The molecule has 0 aliphatic heterocycles. The first-order valence-corrected chi connectivity index (χ1v) is 6.25. The van der Waals surface area contributed by atoms with Crippen molar-refractivity contribution in [3.8, 4) is 0 Å². The maximum Gasteiger partial charge on any atom is 0.251 e. The summed E-state index contributed by atoms with van der Waals surface area (Å²) in [5.74, 6) is -5.02. The standard InChI is InChI=1S/C15H11F4NO2/c16-9-5-4-8(6-12(9)19)15(22)20-7-13(21)14-10(17)2-1-3-11(14)18/h1-6,13,21H,7H2,(H,20,22). The molecular formula is C15H11F4NO2. The minimum absolute atomic E-state index is 0.180. The summed E-state index contributed by atoms with van der Waals surface area (Å²) in [5, 5.41) is 11.9. The lowest BCUT2D eigenvalue weighted by atomic mass is 10.1. The second-order valence-electron chi connectivity index (χ2n) is 4.49. The zero-order chi connectivity index (χ0) is 16.3. The van der Waals surface area contributed by atoms with Crippen molar-refractivity contribution in [3.05, 3.63) is 70.8 Å². The molecule has 1 atom stereocenters. The van der Waals surface area contributed by atoms with Crippen LogP contribution in [0.5, 0.6) is 0 Å². The zero-order valence-corrected chi connectivity index (χ0v) is 11.1. The van der Waals surface area contributed by atoms with Gasteiger partial charge in [-0.05, 0) is 30.3 Å². The largest absolute Gasteiger partial charge is 0.386 e. The topological polar surface area (TPSA) is 49.3 Å². The van der Waals surface area contributed by atoms with Crippen LogP contribution in [-0.2, 0) is 0 Å². The van der Waals surface area contributed by atoms with Crippen molar-refractivity contribution < 1.29 is 27.5 Å². The van der Waals surface area contributed by atoms with E-state index in [9.17, 15) is 27.5 Å². The molecule has 0 fully saturated rings. The maximum atomic E-state index is 13.4. The summed E-state index contributed by atoms with van der Waals surface area (Å²) in [6, 6.07) is 5.58. The van der Waals surface area contributed by atoms with Crippen LogP contribution in [-0.4, -0.2) is 17.6 Å². The molecular weight excluding hydrogens is 302 g/mol. The van der Waals surface area contributed by atoms with E-state index in [0.29, 0.717) is 6.07 Å². The van der Waals surface area contributed by atoms with Gasteiger partial charge in [-0.3, -0.25) is 4.79 Å². The van der Waals surface area contributed by atoms with Crippen LogP contribution in [0.3, 0.4) is 0 Å². The number of hydrogen-bond donors (Lipinski definition) is 2. The fraction of sp³-hybridized carbons (Fsp3) is 0.133. The van der Waals surface area contributed by atoms with E-state index in [1.807, 2.05) is 0 Å². The van der Waals surface area contributed by atoms with Gasteiger partial charge in [-0.25, -0.2) is 17.6 Å². The molecule has 1 amide bonds. The van der Waals surface area contributed by atoms with E-state index in [1.165, 1.54) is 0 Å². The summed E-state index contributed by atoms with van der Waals surface area (Å²) in [6.07, 6.45) is -1.62. The van der Waals surface area contributed by atoms with E-state index in [-0.39, 0.29) is 5.56 Å². The van der Waals surface area contributed by atoms with E-state index < -0.39 is 47.4 Å². The molecule has 2 aromatic carbocycles. The number of halogens is 4. The molecule has 22 heavy (non-hydrogen) atoms. The molecule has 2 rings (SSSR count). The Bertz CT molecular complexity index is 686. The van der Waals surface area contributed by atoms with E-state index in [4.69, 9.17) is 0 Å². The average Bonchev–Trinajstić information content (AvgIpc) is 2.47. The SMILES string of the molecule is O=C(NCC(O)c1c(F)cccc1F)c1ccc(F)c(F)c1. The number of carbonyl (C=O) groups excluding carboxylic acids is 1. The van der Waals surface area contributed by atoms with E-state index >= 15 is 0 Å². The normalized spacial score (nSPS) is 12.0. The summed E-state index contributed by atoms with van der Waals surface area (Å²) in [5.41, 5.74) is -0.756. The van der Waals surface area contributed by atoms with Gasteiger partial charge in [-0.15, -0.1) is 0 Å². The van der Waals surface area contributed by atoms with Gasteiger partial charge in [0, 0.05) is 12.1 Å². The molecule has 116 valence electrons. The number of amides is 1. The van der Waals surface area contributed by atoms with Crippen molar-refractivity contribution >= 4 is 5.91 Å². The van der Waals surface area contributed by atoms with Crippen LogP contribution < -0.4 is 5.32 Å². The van der Waals surface area contributed by atoms with Gasteiger partial charge >= 0.3 is 0 Å². The molecule has 0 saturated heterocycles. The van der Waals surface area contributed by atoms with Crippen LogP contribution in [0.15, 0.2) is 36.4 Å². The summed E-state index contributed by atoms with van der Waals surface area (Å²) in [7, 11) is 0. The number of nitrogens with one attached hydrogen (secondary N) is 1. The third kappa shape index (κ3) is 3.43. The Kier molecular flexibility index (Phi) is 4.77. The molecule has 7 heteroatoms. The molecule has 2 N–H and O–H groups in total. The smallest absolute Gasteiger partial charge is 0.251 e.